The standard InChI is InChI=1S/C12H21N4O4/c1-11(2,3)20-10(18)16-7-8(14-15-13)6-12(16,4)9(17)19-5/h8,13H,6-7H2,1-5H3/q+1/t8?,12-/m0/s1. The number of methoxy groups -OCH3 is 1. The lowest BCUT2D eigenvalue weighted by atomic mass is 9.98. The molecule has 0 spiro atoms. The lowest BCUT2D eigenvalue weighted by Crippen LogP contribution is -2.52. The van der Waals surface area contributed by atoms with E-state index in [2.05, 4.69) is 10.0 Å². The van der Waals surface area contributed by atoms with E-state index in [0.717, 1.165) is 0 Å². The molecule has 1 fully saturated rings. The third-order valence-corrected chi connectivity index (χ3v) is 3.08. The van der Waals surface area contributed by atoms with Gasteiger partial charge in [0, 0.05) is 6.42 Å². The van der Waals surface area contributed by atoms with E-state index in [0.29, 0.717) is 0 Å². The maximum atomic E-state index is 12.2. The monoisotopic (exact) mass is 285 g/mol. The number of nitrogens with zero attached hydrogens (tertiary/aromatic N) is 3. The fourth-order valence-corrected chi connectivity index (χ4v) is 2.21. The molecule has 0 aromatic rings. The highest BCUT2D eigenvalue weighted by atomic mass is 16.6. The molecule has 1 N–H and O–H groups in total. The summed E-state index contributed by atoms with van der Waals surface area (Å²) >= 11 is 0. The number of hydrogen-bond donors (Lipinski definition) is 1. The van der Waals surface area contributed by atoms with Gasteiger partial charge in [0.2, 0.25) is 4.91 Å². The number of hydrogen-bond acceptors (Lipinski definition) is 6. The Bertz CT molecular complexity index is 453. The molecule has 20 heavy (non-hydrogen) atoms. The quantitative estimate of drug-likeness (QED) is 0.471. The van der Waals surface area contributed by atoms with Crippen LogP contribution in [0.15, 0.2) is 5.11 Å². The van der Waals surface area contributed by atoms with Crippen molar-refractivity contribution in [1.29, 1.82) is 5.53 Å². The van der Waals surface area contributed by atoms with E-state index < -0.39 is 29.2 Å². The van der Waals surface area contributed by atoms with Gasteiger partial charge in [-0.2, -0.15) is 0 Å². The molecule has 0 bridgehead atoms. The number of carbonyl (C=O) groups is 2. The van der Waals surface area contributed by atoms with E-state index >= 15 is 0 Å². The van der Waals surface area contributed by atoms with Crippen molar-refractivity contribution in [2.75, 3.05) is 13.7 Å². The SMILES string of the molecule is COC(=O)[C@]1(C)CC(N=[N+]=N)CN1C(=O)OC(C)(C)C. The van der Waals surface area contributed by atoms with Crippen LogP contribution in [0.2, 0.25) is 0 Å². The second kappa shape index (κ2) is 5.58. The molecule has 1 aliphatic rings. The average Bonchev–Trinajstić information content (AvgIpc) is 2.65. The third-order valence-electron chi connectivity index (χ3n) is 3.08. The van der Waals surface area contributed by atoms with Crippen molar-refractivity contribution in [3.63, 3.8) is 0 Å². The number of esters is 1. The number of nitrogens with one attached hydrogen (secondary N) is 1. The van der Waals surface area contributed by atoms with Crippen LogP contribution >= 0.6 is 0 Å². The molecule has 0 radical (unpaired) electrons. The summed E-state index contributed by atoms with van der Waals surface area (Å²) in [5.74, 6) is -0.536. The van der Waals surface area contributed by atoms with Crippen LogP contribution < -0.4 is 4.91 Å². The van der Waals surface area contributed by atoms with Gasteiger partial charge in [0.25, 0.3) is 0 Å². The predicted molar refractivity (Wildman–Crippen MR) is 69.0 cm³/mol. The van der Waals surface area contributed by atoms with Crippen LogP contribution in [0, 0.1) is 5.53 Å². The highest BCUT2D eigenvalue weighted by Crippen LogP contribution is 2.33. The molecular formula is C12H21N4O4+. The Kier molecular flexibility index (Phi) is 4.50. The van der Waals surface area contributed by atoms with Crippen LogP contribution in [-0.2, 0) is 14.3 Å². The molecule has 1 heterocycles. The van der Waals surface area contributed by atoms with E-state index in [4.69, 9.17) is 15.0 Å². The first-order valence-corrected chi connectivity index (χ1v) is 6.29. The maximum absolute atomic E-state index is 12.2. The molecule has 0 aromatic heterocycles. The molecular weight excluding hydrogens is 264 g/mol. The lowest BCUT2D eigenvalue weighted by Gasteiger charge is -2.33. The zero-order valence-corrected chi connectivity index (χ0v) is 12.5. The number of ether oxygens (including phenoxy) is 2. The zero-order valence-electron chi connectivity index (χ0n) is 12.5. The molecule has 1 rings (SSSR count). The molecule has 1 amide bonds. The molecule has 1 unspecified atom stereocenters. The van der Waals surface area contributed by atoms with Crippen molar-refractivity contribution in [2.24, 2.45) is 5.11 Å². The number of amides is 1. The first kappa shape index (κ1) is 16.1. The Balaban J connectivity index is 3.03. The number of likely N-dealkylation sites (tertiary alicyclic amines) is 1. The van der Waals surface area contributed by atoms with Gasteiger partial charge in [0.1, 0.15) is 21.8 Å². The minimum Gasteiger partial charge on any atom is -0.467 e. The highest BCUT2D eigenvalue weighted by molar-refractivity contribution is 5.86. The Morgan fingerprint density at radius 1 is 1.45 bits per heavy atom. The topological polar surface area (TPSA) is 106 Å². The van der Waals surface area contributed by atoms with E-state index in [1.54, 1.807) is 27.7 Å². The molecule has 1 aliphatic heterocycles. The van der Waals surface area contributed by atoms with Gasteiger partial charge < -0.3 is 9.47 Å². The van der Waals surface area contributed by atoms with Crippen LogP contribution in [0.5, 0.6) is 0 Å². The van der Waals surface area contributed by atoms with Crippen LogP contribution in [0.3, 0.4) is 0 Å². The van der Waals surface area contributed by atoms with Gasteiger partial charge >= 0.3 is 12.1 Å². The van der Waals surface area contributed by atoms with Gasteiger partial charge in [-0.15, -0.1) is 0 Å². The Labute approximate surface area is 117 Å². The number of carbonyl (C=O) groups excluding carboxylic acids is 2. The van der Waals surface area contributed by atoms with Crippen LogP contribution in [0.1, 0.15) is 34.1 Å². The minimum atomic E-state index is -1.16. The van der Waals surface area contributed by atoms with Gasteiger partial charge in [-0.1, -0.05) is 0 Å². The predicted octanol–water partition coefficient (Wildman–Crippen LogP) is 1.48. The summed E-state index contributed by atoms with van der Waals surface area (Å²) in [5, 5.41) is 3.70. The summed E-state index contributed by atoms with van der Waals surface area (Å²) in [7, 11) is 1.26. The van der Waals surface area contributed by atoms with Gasteiger partial charge in [0.05, 0.1) is 13.7 Å². The molecule has 8 nitrogen and oxygen atoms in total. The normalized spacial score (nSPS) is 25.9. The number of rotatable bonds is 2. The average molecular weight is 285 g/mol. The van der Waals surface area contributed by atoms with E-state index in [1.807, 2.05) is 0 Å². The zero-order chi connectivity index (χ0) is 15.6. The highest BCUT2D eigenvalue weighted by Gasteiger charge is 2.53. The summed E-state index contributed by atoms with van der Waals surface area (Å²) in [4.78, 5) is 28.5. The Morgan fingerprint density at radius 3 is 2.50 bits per heavy atom. The molecule has 2 atom stereocenters. The van der Waals surface area contributed by atoms with E-state index in [1.165, 1.54) is 12.0 Å². The van der Waals surface area contributed by atoms with Crippen molar-refractivity contribution in [1.82, 2.24) is 9.81 Å². The molecule has 112 valence electrons. The minimum absolute atomic E-state index is 0.170. The van der Waals surface area contributed by atoms with E-state index in [9.17, 15) is 9.59 Å². The summed E-state index contributed by atoms with van der Waals surface area (Å²) in [5.41, 5.74) is 4.95. The second-order valence-corrected chi connectivity index (χ2v) is 5.93. The smallest absolute Gasteiger partial charge is 0.411 e. The van der Waals surface area contributed by atoms with Crippen molar-refractivity contribution < 1.29 is 19.1 Å². The summed E-state index contributed by atoms with van der Waals surface area (Å²) in [6.07, 6.45) is -0.352. The van der Waals surface area contributed by atoms with Gasteiger partial charge in [-0.3, -0.25) is 4.90 Å². The van der Waals surface area contributed by atoms with Crippen molar-refractivity contribution in [2.45, 2.75) is 51.3 Å². The summed E-state index contributed by atoms with van der Waals surface area (Å²) < 4.78 is 10.1. The van der Waals surface area contributed by atoms with Crippen LogP contribution in [0.25, 0.3) is 0 Å². The lowest BCUT2D eigenvalue weighted by molar-refractivity contribution is -0.152. The summed E-state index contributed by atoms with van der Waals surface area (Å²) in [6, 6.07) is -0.413. The fraction of sp³-hybridized carbons (Fsp3) is 0.833. The third kappa shape index (κ3) is 3.33. The molecule has 0 saturated carbocycles. The first-order chi connectivity index (χ1) is 9.14. The van der Waals surface area contributed by atoms with Crippen molar-refractivity contribution >= 4 is 12.1 Å². The maximum Gasteiger partial charge on any atom is 0.411 e. The van der Waals surface area contributed by atoms with Crippen molar-refractivity contribution in [3.8, 4) is 0 Å². The van der Waals surface area contributed by atoms with E-state index in [-0.39, 0.29) is 13.0 Å². The summed E-state index contributed by atoms with van der Waals surface area (Å²) in [6.45, 7) is 7.01. The second-order valence-electron chi connectivity index (χ2n) is 5.93. The van der Waals surface area contributed by atoms with Gasteiger partial charge in [-0.05, 0) is 27.7 Å². The van der Waals surface area contributed by atoms with Crippen molar-refractivity contribution in [3.05, 3.63) is 0 Å². The Morgan fingerprint density at radius 2 is 2.05 bits per heavy atom. The Hall–Kier alpha value is -1.95. The molecule has 1 saturated heterocycles. The van der Waals surface area contributed by atoms with Gasteiger partial charge in [0.15, 0.2) is 6.04 Å². The fourth-order valence-electron chi connectivity index (χ4n) is 2.21. The first-order valence-electron chi connectivity index (χ1n) is 6.29. The molecule has 8 heteroatoms. The largest absolute Gasteiger partial charge is 0.467 e. The van der Waals surface area contributed by atoms with Gasteiger partial charge in [-0.25, -0.2) is 9.59 Å². The molecule has 0 aliphatic carbocycles. The molecule has 0 aromatic carbocycles. The van der Waals surface area contributed by atoms with Crippen LogP contribution in [0.4, 0.5) is 4.79 Å². The van der Waals surface area contributed by atoms with Crippen LogP contribution in [-0.4, -0.2) is 47.8 Å².